The van der Waals surface area contributed by atoms with Crippen LogP contribution in [0.25, 0.3) is 0 Å². The molecule has 0 bridgehead atoms. The van der Waals surface area contributed by atoms with Gasteiger partial charge in [-0.2, -0.15) is 0 Å². The zero-order valence-electron chi connectivity index (χ0n) is 11.6. The molecule has 0 aromatic heterocycles. The summed E-state index contributed by atoms with van der Waals surface area (Å²) in [6.07, 6.45) is -1.06. The van der Waals surface area contributed by atoms with Gasteiger partial charge in [0.25, 0.3) is 0 Å². The molecule has 1 N–H and O–H groups in total. The van der Waals surface area contributed by atoms with Crippen molar-refractivity contribution < 1.29 is 19.0 Å². The number of halogens is 2. The van der Waals surface area contributed by atoms with E-state index >= 15 is 0 Å². The summed E-state index contributed by atoms with van der Waals surface area (Å²) in [7, 11) is 0. The minimum absolute atomic E-state index is 0.144. The topological polar surface area (TPSA) is 38.7 Å². The number of rotatable bonds is 2. The first-order valence-corrected chi connectivity index (χ1v) is 7.30. The van der Waals surface area contributed by atoms with Gasteiger partial charge in [0.15, 0.2) is 11.5 Å². The molecule has 3 nitrogen and oxygen atoms in total. The third-order valence-corrected chi connectivity index (χ3v) is 4.11. The summed E-state index contributed by atoms with van der Waals surface area (Å²) >= 11 is 3.38. The largest absolute Gasteiger partial charge is 0.454 e. The first-order chi connectivity index (χ1) is 9.97. The Hall–Kier alpha value is -1.59. The van der Waals surface area contributed by atoms with E-state index in [0.29, 0.717) is 27.1 Å². The third kappa shape index (κ3) is 2.51. The highest BCUT2D eigenvalue weighted by Gasteiger charge is 2.23. The van der Waals surface area contributed by atoms with E-state index in [1.165, 1.54) is 6.07 Å². The fraction of sp³-hybridized carbons (Fsp3) is 0.250. The van der Waals surface area contributed by atoms with Crippen molar-refractivity contribution >= 4 is 15.9 Å². The van der Waals surface area contributed by atoms with E-state index in [1.807, 2.05) is 13.0 Å². The Kier molecular flexibility index (Phi) is 3.63. The average molecular weight is 353 g/mol. The van der Waals surface area contributed by atoms with Gasteiger partial charge in [-0.25, -0.2) is 4.39 Å². The highest BCUT2D eigenvalue weighted by atomic mass is 79.9. The van der Waals surface area contributed by atoms with Crippen LogP contribution in [0.3, 0.4) is 0 Å². The fourth-order valence-electron chi connectivity index (χ4n) is 2.59. The molecule has 1 heterocycles. The molecule has 0 radical (unpaired) electrons. The standard InChI is InChI=1S/C16H14BrFO3/c1-8-3-9(2)14(12(18)4-8)15(19)10-5-11(17)16-13(6-10)20-7-21-16/h3-6,15,19H,7H2,1-2H3. The molecule has 0 saturated heterocycles. The van der Waals surface area contributed by atoms with Crippen molar-refractivity contribution in [1.82, 2.24) is 0 Å². The van der Waals surface area contributed by atoms with E-state index in [9.17, 15) is 9.50 Å². The summed E-state index contributed by atoms with van der Waals surface area (Å²) in [5.74, 6) is 0.740. The molecule has 0 aliphatic carbocycles. The van der Waals surface area contributed by atoms with Crippen LogP contribution in [0.1, 0.15) is 28.4 Å². The number of aliphatic hydroxyl groups excluding tert-OH is 1. The van der Waals surface area contributed by atoms with Crippen molar-refractivity contribution in [3.63, 3.8) is 0 Å². The third-order valence-electron chi connectivity index (χ3n) is 3.52. The summed E-state index contributed by atoms with van der Waals surface area (Å²) in [4.78, 5) is 0. The Balaban J connectivity index is 2.07. The lowest BCUT2D eigenvalue weighted by atomic mass is 9.95. The van der Waals surface area contributed by atoms with Gasteiger partial charge in [-0.15, -0.1) is 0 Å². The average Bonchev–Trinajstić information content (AvgIpc) is 2.86. The predicted octanol–water partition coefficient (Wildman–Crippen LogP) is 4.02. The minimum Gasteiger partial charge on any atom is -0.454 e. The maximum absolute atomic E-state index is 14.2. The van der Waals surface area contributed by atoms with E-state index < -0.39 is 11.9 Å². The lowest BCUT2D eigenvalue weighted by Crippen LogP contribution is -2.06. The number of aryl methyl sites for hydroxylation is 2. The first-order valence-electron chi connectivity index (χ1n) is 6.51. The smallest absolute Gasteiger partial charge is 0.231 e. The van der Waals surface area contributed by atoms with Crippen LogP contribution in [0.4, 0.5) is 4.39 Å². The second-order valence-corrected chi connectivity index (χ2v) is 5.97. The van der Waals surface area contributed by atoms with E-state index in [0.717, 1.165) is 5.56 Å². The summed E-state index contributed by atoms with van der Waals surface area (Å²) < 4.78 is 25.5. The Morgan fingerprint density at radius 1 is 1.19 bits per heavy atom. The Bertz CT molecular complexity index is 692. The van der Waals surface area contributed by atoms with Crippen LogP contribution in [-0.2, 0) is 0 Å². The van der Waals surface area contributed by atoms with Crippen molar-refractivity contribution in [2.75, 3.05) is 6.79 Å². The minimum atomic E-state index is -1.06. The summed E-state index contributed by atoms with van der Waals surface area (Å²) in [6.45, 7) is 3.76. The van der Waals surface area contributed by atoms with Gasteiger partial charge in [0, 0.05) is 5.56 Å². The number of aliphatic hydroxyl groups is 1. The van der Waals surface area contributed by atoms with Gasteiger partial charge in [-0.05, 0) is 64.7 Å². The van der Waals surface area contributed by atoms with Crippen LogP contribution in [0.2, 0.25) is 0 Å². The maximum Gasteiger partial charge on any atom is 0.231 e. The van der Waals surface area contributed by atoms with Crippen LogP contribution in [-0.4, -0.2) is 11.9 Å². The molecule has 0 spiro atoms. The second-order valence-electron chi connectivity index (χ2n) is 5.12. The van der Waals surface area contributed by atoms with Gasteiger partial charge in [0.05, 0.1) is 4.47 Å². The van der Waals surface area contributed by atoms with Crippen molar-refractivity contribution in [3.05, 3.63) is 56.8 Å². The number of fused-ring (bicyclic) bond motifs is 1. The Labute approximate surface area is 130 Å². The molecule has 21 heavy (non-hydrogen) atoms. The predicted molar refractivity (Wildman–Crippen MR) is 80.2 cm³/mol. The zero-order valence-corrected chi connectivity index (χ0v) is 13.2. The van der Waals surface area contributed by atoms with E-state index in [-0.39, 0.29) is 12.4 Å². The molecule has 2 aromatic rings. The molecule has 1 aliphatic rings. The van der Waals surface area contributed by atoms with Gasteiger partial charge in [0.1, 0.15) is 11.9 Å². The molecule has 0 fully saturated rings. The lowest BCUT2D eigenvalue weighted by Gasteiger charge is -2.17. The molecule has 0 amide bonds. The fourth-order valence-corrected chi connectivity index (χ4v) is 3.16. The molecular weight excluding hydrogens is 339 g/mol. The second kappa shape index (κ2) is 5.31. The molecule has 2 aromatic carbocycles. The molecular formula is C16H14BrFO3. The normalized spacial score (nSPS) is 14.3. The molecule has 1 atom stereocenters. The lowest BCUT2D eigenvalue weighted by molar-refractivity contribution is 0.173. The molecule has 1 unspecified atom stereocenters. The molecule has 3 rings (SSSR count). The SMILES string of the molecule is Cc1cc(C)c(C(O)c2cc(Br)c3c(c2)OCO3)c(F)c1. The quantitative estimate of drug-likeness (QED) is 0.887. The van der Waals surface area contributed by atoms with E-state index in [2.05, 4.69) is 15.9 Å². The summed E-state index contributed by atoms with van der Waals surface area (Å²) in [6, 6.07) is 6.67. The summed E-state index contributed by atoms with van der Waals surface area (Å²) in [5.41, 5.74) is 2.38. The highest BCUT2D eigenvalue weighted by Crippen LogP contribution is 2.42. The Morgan fingerprint density at radius 2 is 1.95 bits per heavy atom. The van der Waals surface area contributed by atoms with Crippen LogP contribution >= 0.6 is 15.9 Å². The van der Waals surface area contributed by atoms with E-state index in [1.54, 1.807) is 19.1 Å². The van der Waals surface area contributed by atoms with Crippen molar-refractivity contribution in [2.45, 2.75) is 20.0 Å². The number of hydrogen-bond donors (Lipinski definition) is 1. The van der Waals surface area contributed by atoms with Gasteiger partial charge in [-0.1, -0.05) is 6.07 Å². The number of ether oxygens (including phenoxy) is 2. The van der Waals surface area contributed by atoms with Crippen molar-refractivity contribution in [1.29, 1.82) is 0 Å². The van der Waals surface area contributed by atoms with Gasteiger partial charge < -0.3 is 14.6 Å². The van der Waals surface area contributed by atoms with Gasteiger partial charge in [-0.3, -0.25) is 0 Å². The van der Waals surface area contributed by atoms with Crippen LogP contribution in [0.15, 0.2) is 28.7 Å². The number of benzene rings is 2. The van der Waals surface area contributed by atoms with Crippen molar-refractivity contribution in [2.24, 2.45) is 0 Å². The van der Waals surface area contributed by atoms with E-state index in [4.69, 9.17) is 9.47 Å². The first kappa shape index (κ1) is 14.4. The highest BCUT2D eigenvalue weighted by molar-refractivity contribution is 9.10. The zero-order chi connectivity index (χ0) is 15.1. The van der Waals surface area contributed by atoms with Gasteiger partial charge in [0.2, 0.25) is 6.79 Å². The van der Waals surface area contributed by atoms with Crippen molar-refractivity contribution in [3.8, 4) is 11.5 Å². The molecule has 0 saturated carbocycles. The maximum atomic E-state index is 14.2. The Morgan fingerprint density at radius 3 is 2.67 bits per heavy atom. The van der Waals surface area contributed by atoms with Crippen LogP contribution in [0.5, 0.6) is 11.5 Å². The molecule has 1 aliphatic heterocycles. The van der Waals surface area contributed by atoms with Gasteiger partial charge >= 0.3 is 0 Å². The van der Waals surface area contributed by atoms with Crippen LogP contribution < -0.4 is 9.47 Å². The summed E-state index contributed by atoms with van der Waals surface area (Å²) in [5, 5.41) is 10.5. The molecule has 5 heteroatoms. The monoisotopic (exact) mass is 352 g/mol. The molecule has 110 valence electrons. The van der Waals surface area contributed by atoms with Crippen LogP contribution in [0, 0.1) is 19.7 Å². The number of hydrogen-bond acceptors (Lipinski definition) is 3.